The maximum absolute atomic E-state index is 13.4. The number of benzene rings is 1. The molecule has 0 aliphatic carbocycles. The van der Waals surface area contributed by atoms with Gasteiger partial charge >= 0.3 is 0 Å². The van der Waals surface area contributed by atoms with Crippen LogP contribution in [0.15, 0.2) is 47.5 Å². The normalized spacial score (nSPS) is 11.1. The van der Waals surface area contributed by atoms with Crippen molar-refractivity contribution in [3.05, 3.63) is 48.4 Å². The minimum Gasteiger partial charge on any atom is -0.308 e. The number of aromatic nitrogens is 1. The number of anilines is 2. The zero-order valence-electron chi connectivity index (χ0n) is 9.67. The van der Waals surface area contributed by atoms with Crippen LogP contribution in [0.3, 0.4) is 0 Å². The maximum atomic E-state index is 13.4. The Labute approximate surface area is 109 Å². The summed E-state index contributed by atoms with van der Waals surface area (Å²) in [5, 5.41) is 0. The van der Waals surface area contributed by atoms with E-state index in [0.29, 0.717) is 5.82 Å². The third-order valence-electron chi connectivity index (χ3n) is 2.31. The van der Waals surface area contributed by atoms with Gasteiger partial charge in [0.2, 0.25) is 0 Å². The van der Waals surface area contributed by atoms with E-state index in [-0.39, 0.29) is 10.6 Å². The van der Waals surface area contributed by atoms with E-state index < -0.39 is 15.8 Å². The van der Waals surface area contributed by atoms with Gasteiger partial charge in [-0.05, 0) is 24.3 Å². The summed E-state index contributed by atoms with van der Waals surface area (Å²) in [6.07, 6.45) is 1.12. The molecule has 100 valence electrons. The molecule has 0 bridgehead atoms. The lowest BCUT2D eigenvalue weighted by Crippen LogP contribution is -2.15. The van der Waals surface area contributed by atoms with Crippen LogP contribution in [0.4, 0.5) is 15.9 Å². The third-order valence-corrected chi connectivity index (χ3v) is 3.66. The van der Waals surface area contributed by atoms with Crippen LogP contribution >= 0.6 is 0 Å². The molecule has 0 unspecified atom stereocenters. The van der Waals surface area contributed by atoms with Crippen LogP contribution in [0.5, 0.6) is 0 Å². The van der Waals surface area contributed by atoms with Crippen molar-refractivity contribution in [2.45, 2.75) is 4.90 Å². The number of hydrogen-bond acceptors (Lipinski definition) is 5. The highest BCUT2D eigenvalue weighted by atomic mass is 32.2. The first-order valence-electron chi connectivity index (χ1n) is 5.23. The minimum atomic E-state index is -3.88. The number of nitrogens with zero attached hydrogens (tertiary/aromatic N) is 1. The average molecular weight is 282 g/mol. The zero-order valence-corrected chi connectivity index (χ0v) is 10.5. The summed E-state index contributed by atoms with van der Waals surface area (Å²) in [5.74, 6) is 4.80. The SMILES string of the molecule is NNc1ccc(S(=O)(=O)Nc2ccccc2F)cn1. The average Bonchev–Trinajstić information content (AvgIpc) is 2.41. The predicted octanol–water partition coefficient (Wildman–Crippen LogP) is 1.31. The fourth-order valence-corrected chi connectivity index (χ4v) is 2.38. The number of nitrogens with one attached hydrogen (secondary N) is 2. The molecule has 1 aromatic carbocycles. The number of rotatable bonds is 4. The molecule has 6 nitrogen and oxygen atoms in total. The maximum Gasteiger partial charge on any atom is 0.263 e. The van der Waals surface area contributed by atoms with Gasteiger partial charge < -0.3 is 5.43 Å². The van der Waals surface area contributed by atoms with Crippen molar-refractivity contribution in [3.63, 3.8) is 0 Å². The number of halogens is 1. The molecule has 0 amide bonds. The highest BCUT2D eigenvalue weighted by Crippen LogP contribution is 2.18. The molecule has 0 saturated heterocycles. The second-order valence-electron chi connectivity index (χ2n) is 3.61. The van der Waals surface area contributed by atoms with Gasteiger partial charge in [-0.15, -0.1) is 0 Å². The lowest BCUT2D eigenvalue weighted by Gasteiger charge is -2.08. The van der Waals surface area contributed by atoms with E-state index in [9.17, 15) is 12.8 Å². The minimum absolute atomic E-state index is 0.0882. The largest absolute Gasteiger partial charge is 0.308 e. The standard InChI is InChI=1S/C11H11FN4O2S/c12-9-3-1-2-4-10(9)16-19(17,18)8-5-6-11(15-13)14-7-8/h1-7,16H,13H2,(H,14,15). The summed E-state index contributed by atoms with van der Waals surface area (Å²) in [7, 11) is -3.88. The van der Waals surface area contributed by atoms with E-state index in [4.69, 9.17) is 5.84 Å². The summed E-state index contributed by atoms with van der Waals surface area (Å²) < 4.78 is 39.5. The van der Waals surface area contributed by atoms with E-state index in [1.165, 1.54) is 30.3 Å². The van der Waals surface area contributed by atoms with Crippen molar-refractivity contribution in [2.75, 3.05) is 10.1 Å². The first-order chi connectivity index (χ1) is 9.03. The van der Waals surface area contributed by atoms with E-state index in [1.807, 2.05) is 0 Å². The van der Waals surface area contributed by atoms with Gasteiger partial charge in [0.15, 0.2) is 0 Å². The number of nitrogen functional groups attached to an aromatic ring is 1. The smallest absolute Gasteiger partial charge is 0.263 e. The van der Waals surface area contributed by atoms with Crippen molar-refractivity contribution in [1.82, 2.24) is 4.98 Å². The lowest BCUT2D eigenvalue weighted by atomic mass is 10.3. The molecule has 0 aliphatic heterocycles. The second kappa shape index (κ2) is 5.21. The van der Waals surface area contributed by atoms with Crippen molar-refractivity contribution in [1.29, 1.82) is 0 Å². The molecule has 0 saturated carbocycles. The molecule has 8 heteroatoms. The van der Waals surface area contributed by atoms with Crippen LogP contribution in [-0.2, 0) is 10.0 Å². The molecule has 1 aromatic heterocycles. The van der Waals surface area contributed by atoms with Crippen LogP contribution in [0.25, 0.3) is 0 Å². The molecule has 4 N–H and O–H groups in total. The molecule has 2 rings (SSSR count). The third kappa shape index (κ3) is 2.98. The quantitative estimate of drug-likeness (QED) is 0.580. The van der Waals surface area contributed by atoms with Gasteiger partial charge in [0.05, 0.1) is 5.69 Å². The topological polar surface area (TPSA) is 97.1 Å². The molecular weight excluding hydrogens is 271 g/mol. The lowest BCUT2D eigenvalue weighted by molar-refractivity contribution is 0.598. The summed E-state index contributed by atoms with van der Waals surface area (Å²) in [5.41, 5.74) is 2.16. The molecular formula is C11H11FN4O2S. The Bertz CT molecular complexity index is 673. The molecule has 19 heavy (non-hydrogen) atoms. The Kier molecular flexibility index (Phi) is 3.63. The first kappa shape index (κ1) is 13.2. The monoisotopic (exact) mass is 282 g/mol. The molecule has 0 aliphatic rings. The van der Waals surface area contributed by atoms with Crippen molar-refractivity contribution < 1.29 is 12.8 Å². The number of nitrogens with two attached hydrogens (primary N) is 1. The van der Waals surface area contributed by atoms with Crippen molar-refractivity contribution in [2.24, 2.45) is 5.84 Å². The summed E-state index contributed by atoms with van der Waals surface area (Å²) >= 11 is 0. The second-order valence-corrected chi connectivity index (χ2v) is 5.29. The summed E-state index contributed by atoms with van der Waals surface area (Å²) in [4.78, 5) is 3.69. The van der Waals surface area contributed by atoms with Crippen molar-refractivity contribution in [3.8, 4) is 0 Å². The van der Waals surface area contributed by atoms with Gasteiger partial charge in [0.1, 0.15) is 16.5 Å². The van der Waals surface area contributed by atoms with E-state index in [2.05, 4.69) is 15.1 Å². The highest BCUT2D eigenvalue weighted by Gasteiger charge is 2.16. The first-order valence-corrected chi connectivity index (χ1v) is 6.71. The summed E-state index contributed by atoms with van der Waals surface area (Å²) in [6, 6.07) is 8.20. The Morgan fingerprint density at radius 2 is 1.89 bits per heavy atom. The zero-order chi connectivity index (χ0) is 13.9. The van der Waals surface area contributed by atoms with Gasteiger partial charge in [-0.2, -0.15) is 0 Å². The molecule has 0 spiro atoms. The fourth-order valence-electron chi connectivity index (χ4n) is 1.37. The molecule has 0 atom stereocenters. The van der Waals surface area contributed by atoms with E-state index in [0.717, 1.165) is 12.3 Å². The van der Waals surface area contributed by atoms with Crippen LogP contribution in [0.2, 0.25) is 0 Å². The number of para-hydroxylation sites is 1. The van der Waals surface area contributed by atoms with E-state index >= 15 is 0 Å². The van der Waals surface area contributed by atoms with Crippen LogP contribution in [0.1, 0.15) is 0 Å². The van der Waals surface area contributed by atoms with Crippen LogP contribution in [0, 0.1) is 5.82 Å². The van der Waals surface area contributed by atoms with Crippen molar-refractivity contribution >= 4 is 21.5 Å². The predicted molar refractivity (Wildman–Crippen MR) is 69.3 cm³/mol. The van der Waals surface area contributed by atoms with E-state index in [1.54, 1.807) is 0 Å². The van der Waals surface area contributed by atoms with Gasteiger partial charge in [0, 0.05) is 6.20 Å². The number of hydrogen-bond donors (Lipinski definition) is 3. The van der Waals surface area contributed by atoms with Gasteiger partial charge in [-0.3, -0.25) is 4.72 Å². The molecule has 0 fully saturated rings. The summed E-state index contributed by atoms with van der Waals surface area (Å²) in [6.45, 7) is 0. The van der Waals surface area contributed by atoms with Crippen LogP contribution in [-0.4, -0.2) is 13.4 Å². The molecule has 1 heterocycles. The molecule has 2 aromatic rings. The number of pyridine rings is 1. The Morgan fingerprint density at radius 1 is 1.16 bits per heavy atom. The Hall–Kier alpha value is -2.19. The van der Waals surface area contributed by atoms with Crippen LogP contribution < -0.4 is 16.0 Å². The Balaban J connectivity index is 2.30. The number of hydrazine groups is 1. The van der Waals surface area contributed by atoms with Gasteiger partial charge in [-0.25, -0.2) is 23.6 Å². The van der Waals surface area contributed by atoms with Gasteiger partial charge in [0.25, 0.3) is 10.0 Å². The number of sulfonamides is 1. The highest BCUT2D eigenvalue weighted by molar-refractivity contribution is 7.92. The Morgan fingerprint density at radius 3 is 2.47 bits per heavy atom. The fraction of sp³-hybridized carbons (Fsp3) is 0. The molecule has 0 radical (unpaired) electrons. The van der Waals surface area contributed by atoms with Gasteiger partial charge in [-0.1, -0.05) is 12.1 Å².